The van der Waals surface area contributed by atoms with E-state index >= 15 is 0 Å². The number of anilines is 1. The minimum absolute atomic E-state index is 0.0250. The standard InChI is InChI=1S/C20H17N5O6S2/c1-11(18-22-23-19(31-18)12-7-5-4-6-8-12)24(2)20-21-17(26)14-9-13(33(3,29)30)10-15(25(27)28)16(14)32-20/h4-11H,1-3H3/t11-/m1/s1. The van der Waals surface area contributed by atoms with Gasteiger partial charge in [0.15, 0.2) is 15.0 Å². The third kappa shape index (κ3) is 4.32. The predicted molar refractivity (Wildman–Crippen MR) is 122 cm³/mol. The highest BCUT2D eigenvalue weighted by Gasteiger charge is 2.25. The molecule has 0 saturated heterocycles. The molecule has 4 aromatic rings. The molecule has 0 spiro atoms. The Morgan fingerprint density at radius 1 is 1.18 bits per heavy atom. The van der Waals surface area contributed by atoms with Gasteiger partial charge in [0.2, 0.25) is 11.8 Å². The smallest absolute Gasteiger partial charge is 0.288 e. The van der Waals surface area contributed by atoms with E-state index in [0.717, 1.165) is 35.3 Å². The number of non-ortho nitro benzene ring substituents is 1. The Morgan fingerprint density at radius 3 is 2.52 bits per heavy atom. The fourth-order valence-corrected chi connectivity index (χ4v) is 4.81. The summed E-state index contributed by atoms with van der Waals surface area (Å²) in [6, 6.07) is 10.7. The van der Waals surface area contributed by atoms with E-state index in [2.05, 4.69) is 15.2 Å². The van der Waals surface area contributed by atoms with Gasteiger partial charge in [0.25, 0.3) is 11.2 Å². The van der Waals surface area contributed by atoms with Gasteiger partial charge in [-0.25, -0.2) is 8.42 Å². The van der Waals surface area contributed by atoms with Gasteiger partial charge in [-0.05, 0) is 25.1 Å². The molecule has 0 N–H and O–H groups in total. The molecule has 0 bridgehead atoms. The molecule has 0 unspecified atom stereocenters. The number of nitrogens with zero attached hydrogens (tertiary/aromatic N) is 5. The van der Waals surface area contributed by atoms with Crippen molar-refractivity contribution in [1.29, 1.82) is 0 Å². The second-order valence-electron chi connectivity index (χ2n) is 7.25. The average molecular weight is 488 g/mol. The Bertz CT molecular complexity index is 1530. The lowest BCUT2D eigenvalue weighted by Crippen LogP contribution is -2.24. The van der Waals surface area contributed by atoms with E-state index < -0.39 is 32.0 Å². The lowest BCUT2D eigenvalue weighted by molar-refractivity contribution is -0.383. The Kier molecular flexibility index (Phi) is 5.68. The first kappa shape index (κ1) is 22.5. The first-order valence-electron chi connectivity index (χ1n) is 9.51. The molecule has 0 fully saturated rings. The fourth-order valence-electron chi connectivity index (χ4n) is 3.05. The Labute approximate surface area is 191 Å². The molecule has 0 aliphatic rings. The number of hydrogen-bond acceptors (Lipinski definition) is 11. The Morgan fingerprint density at radius 2 is 1.88 bits per heavy atom. The second kappa shape index (κ2) is 8.33. The van der Waals surface area contributed by atoms with Crippen LogP contribution in [0.2, 0.25) is 0 Å². The van der Waals surface area contributed by atoms with Gasteiger partial charge in [0.1, 0.15) is 10.7 Å². The quantitative estimate of drug-likeness (QED) is 0.293. The first-order valence-corrected chi connectivity index (χ1v) is 12.2. The number of hydrogen-bond donors (Lipinski definition) is 0. The van der Waals surface area contributed by atoms with Gasteiger partial charge in [0.05, 0.1) is 15.2 Å². The molecule has 11 nitrogen and oxygen atoms in total. The summed E-state index contributed by atoms with van der Waals surface area (Å²) < 4.78 is 29.6. The molecule has 2 heterocycles. The van der Waals surface area contributed by atoms with Crippen molar-refractivity contribution in [2.24, 2.45) is 0 Å². The molecule has 0 radical (unpaired) electrons. The monoisotopic (exact) mass is 487 g/mol. The molecule has 0 saturated carbocycles. The molecule has 0 amide bonds. The van der Waals surface area contributed by atoms with E-state index in [9.17, 15) is 23.3 Å². The molecule has 0 aliphatic carbocycles. The number of rotatable bonds is 6. The van der Waals surface area contributed by atoms with Gasteiger partial charge in [-0.3, -0.25) is 14.9 Å². The van der Waals surface area contributed by atoms with Gasteiger partial charge < -0.3 is 9.32 Å². The number of nitro groups is 1. The predicted octanol–water partition coefficient (Wildman–Crippen LogP) is 3.22. The number of benzene rings is 2. The van der Waals surface area contributed by atoms with E-state index in [-0.39, 0.29) is 26.0 Å². The minimum atomic E-state index is -3.77. The lowest BCUT2D eigenvalue weighted by atomic mass is 10.2. The third-order valence-corrected chi connectivity index (χ3v) is 7.28. The van der Waals surface area contributed by atoms with Crippen LogP contribution < -0.4 is 10.5 Å². The van der Waals surface area contributed by atoms with Crippen LogP contribution in [0.25, 0.3) is 21.5 Å². The lowest BCUT2D eigenvalue weighted by Gasteiger charge is -2.22. The van der Waals surface area contributed by atoms with Crippen molar-refractivity contribution in [3.63, 3.8) is 0 Å². The average Bonchev–Trinajstić information content (AvgIpc) is 3.27. The summed E-state index contributed by atoms with van der Waals surface area (Å²) in [4.78, 5) is 28.9. The van der Waals surface area contributed by atoms with Gasteiger partial charge in [-0.1, -0.05) is 29.5 Å². The molecule has 13 heteroatoms. The maximum absolute atomic E-state index is 12.7. The Balaban J connectivity index is 1.77. The number of sulfone groups is 1. The SMILES string of the molecule is C[C@H](c1nnc(-c2ccccc2)o1)N(C)c1nc(=O)c2cc(S(C)(=O)=O)cc([N+](=O)[O-])c2s1. The summed E-state index contributed by atoms with van der Waals surface area (Å²) in [5.41, 5.74) is -0.511. The zero-order valence-electron chi connectivity index (χ0n) is 17.6. The van der Waals surface area contributed by atoms with Crippen LogP contribution in [0, 0.1) is 10.1 Å². The highest BCUT2D eigenvalue weighted by atomic mass is 32.2. The van der Waals surface area contributed by atoms with Crippen molar-refractivity contribution in [3.05, 3.63) is 68.8 Å². The number of fused-ring (bicyclic) bond motifs is 1. The summed E-state index contributed by atoms with van der Waals surface area (Å²) in [6.07, 6.45) is 0.914. The van der Waals surface area contributed by atoms with Crippen LogP contribution in [0.5, 0.6) is 0 Å². The molecular weight excluding hydrogens is 470 g/mol. The van der Waals surface area contributed by atoms with Crippen LogP contribution in [0.3, 0.4) is 0 Å². The van der Waals surface area contributed by atoms with E-state index in [4.69, 9.17) is 4.42 Å². The molecule has 2 aromatic carbocycles. The summed E-state index contributed by atoms with van der Waals surface area (Å²) in [5.74, 6) is 0.592. The summed E-state index contributed by atoms with van der Waals surface area (Å²) in [6.45, 7) is 1.76. The molecule has 33 heavy (non-hydrogen) atoms. The largest absolute Gasteiger partial charge is 0.418 e. The van der Waals surface area contributed by atoms with Crippen molar-refractivity contribution in [1.82, 2.24) is 15.2 Å². The zero-order chi connectivity index (χ0) is 23.9. The van der Waals surface area contributed by atoms with Crippen molar-refractivity contribution >= 4 is 42.1 Å². The van der Waals surface area contributed by atoms with E-state index in [1.807, 2.05) is 30.3 Å². The minimum Gasteiger partial charge on any atom is -0.418 e. The number of nitro benzene ring substituents is 1. The van der Waals surface area contributed by atoms with E-state index in [1.54, 1.807) is 18.9 Å². The van der Waals surface area contributed by atoms with Crippen LogP contribution in [0.4, 0.5) is 10.8 Å². The molecule has 0 aliphatic heterocycles. The van der Waals surface area contributed by atoms with Crippen LogP contribution in [0.1, 0.15) is 18.9 Å². The van der Waals surface area contributed by atoms with Crippen molar-refractivity contribution in [2.45, 2.75) is 17.9 Å². The van der Waals surface area contributed by atoms with E-state index in [0.29, 0.717) is 5.89 Å². The van der Waals surface area contributed by atoms with E-state index in [1.165, 1.54) is 0 Å². The van der Waals surface area contributed by atoms with Crippen LogP contribution in [-0.2, 0) is 9.84 Å². The summed E-state index contributed by atoms with van der Waals surface area (Å²) in [5, 5.41) is 19.8. The van der Waals surface area contributed by atoms with Crippen LogP contribution in [0.15, 0.2) is 56.6 Å². The van der Waals surface area contributed by atoms with Crippen molar-refractivity contribution in [3.8, 4) is 11.5 Å². The first-order chi connectivity index (χ1) is 15.6. The van der Waals surface area contributed by atoms with Crippen LogP contribution >= 0.6 is 11.3 Å². The molecule has 1 atom stereocenters. The topological polar surface area (TPSA) is 149 Å². The van der Waals surface area contributed by atoms with Gasteiger partial charge in [-0.2, -0.15) is 4.98 Å². The molecular formula is C20H17N5O6S2. The van der Waals surface area contributed by atoms with Gasteiger partial charge in [-0.15, -0.1) is 10.2 Å². The highest BCUT2D eigenvalue weighted by Crippen LogP contribution is 2.36. The van der Waals surface area contributed by atoms with Crippen molar-refractivity contribution in [2.75, 3.05) is 18.2 Å². The van der Waals surface area contributed by atoms with Gasteiger partial charge in [0, 0.05) is 24.9 Å². The molecule has 4 rings (SSSR count). The molecule has 2 aromatic heterocycles. The fraction of sp³-hybridized carbons (Fsp3) is 0.200. The van der Waals surface area contributed by atoms with Gasteiger partial charge >= 0.3 is 0 Å². The zero-order valence-corrected chi connectivity index (χ0v) is 19.3. The second-order valence-corrected chi connectivity index (χ2v) is 10.2. The third-order valence-electron chi connectivity index (χ3n) is 4.99. The summed E-state index contributed by atoms with van der Waals surface area (Å²) >= 11 is 0.898. The van der Waals surface area contributed by atoms with Crippen molar-refractivity contribution < 1.29 is 17.8 Å². The maximum Gasteiger partial charge on any atom is 0.288 e. The van der Waals surface area contributed by atoms with Crippen LogP contribution in [-0.4, -0.2) is 41.8 Å². The Hall–Kier alpha value is -3.71. The normalized spacial score (nSPS) is 12.6. The maximum atomic E-state index is 12.7. The highest BCUT2D eigenvalue weighted by molar-refractivity contribution is 7.90. The summed E-state index contributed by atoms with van der Waals surface area (Å²) in [7, 11) is -2.13. The number of aromatic nitrogens is 3. The molecule has 170 valence electrons.